The second-order valence-corrected chi connectivity index (χ2v) is 12.0. The van der Waals surface area contributed by atoms with Crippen molar-refractivity contribution in [3.63, 3.8) is 0 Å². The molecule has 0 fully saturated rings. The Hall–Kier alpha value is -3.02. The van der Waals surface area contributed by atoms with Gasteiger partial charge < -0.3 is 25.9 Å². The van der Waals surface area contributed by atoms with E-state index >= 15 is 0 Å². The van der Waals surface area contributed by atoms with Gasteiger partial charge in [-0.3, -0.25) is 14.5 Å². The summed E-state index contributed by atoms with van der Waals surface area (Å²) >= 11 is 13.2. The van der Waals surface area contributed by atoms with Gasteiger partial charge in [0.05, 0.1) is 11.0 Å². The lowest BCUT2D eigenvalue weighted by Crippen LogP contribution is -2.18. The van der Waals surface area contributed by atoms with E-state index in [1.807, 2.05) is 0 Å². The second kappa shape index (κ2) is 9.57. The molecule has 0 aromatic heterocycles. The SMILES string of the molecule is N=c1cc(CCN)c(S(=O)(=O)O)c2oc3c(Cl)c4c(c(Cl)c3nc1-2)Oc1c(ccc(CCN)c1S(=O)(=O)O)N4. The number of hydrogen-bond donors (Lipinski definition) is 6. The second-order valence-electron chi connectivity index (χ2n) is 8.50. The summed E-state index contributed by atoms with van der Waals surface area (Å²) in [5.74, 6) is -0.858. The first-order valence-corrected chi connectivity index (χ1v) is 14.7. The number of nitrogens with zero attached hydrogens (tertiary/aromatic N) is 1. The summed E-state index contributed by atoms with van der Waals surface area (Å²) in [6.45, 7) is 0.114. The van der Waals surface area contributed by atoms with Gasteiger partial charge in [0.1, 0.15) is 36.7 Å². The number of nitrogens with two attached hydrogens (primary N) is 2. The van der Waals surface area contributed by atoms with Crippen molar-refractivity contribution < 1.29 is 35.1 Å². The molecule has 17 heteroatoms. The molecule has 0 spiro atoms. The van der Waals surface area contributed by atoms with E-state index < -0.39 is 35.8 Å². The van der Waals surface area contributed by atoms with Crippen LogP contribution in [0.4, 0.5) is 11.4 Å². The van der Waals surface area contributed by atoms with Crippen LogP contribution in [0.15, 0.2) is 32.4 Å². The predicted octanol–water partition coefficient (Wildman–Crippen LogP) is 3.06. The summed E-state index contributed by atoms with van der Waals surface area (Å²) < 4.78 is 80.7. The van der Waals surface area contributed by atoms with Gasteiger partial charge in [-0.2, -0.15) is 16.8 Å². The summed E-state index contributed by atoms with van der Waals surface area (Å²) in [4.78, 5) is 3.18. The monoisotopic (exact) mass is 615 g/mol. The van der Waals surface area contributed by atoms with Gasteiger partial charge in [-0.25, -0.2) is 4.98 Å². The Morgan fingerprint density at radius 2 is 1.59 bits per heavy atom. The van der Waals surface area contributed by atoms with E-state index in [0.717, 1.165) is 0 Å². The number of aromatic nitrogens is 1. The van der Waals surface area contributed by atoms with E-state index in [1.54, 1.807) is 0 Å². The number of ether oxygens (including phenoxy) is 1. The molecule has 3 aliphatic rings. The average molecular weight is 616 g/mol. The Bertz CT molecular complexity index is 1950. The fourth-order valence-electron chi connectivity index (χ4n) is 4.44. The van der Waals surface area contributed by atoms with Crippen molar-refractivity contribution in [2.75, 3.05) is 18.4 Å². The zero-order valence-corrected chi connectivity index (χ0v) is 22.7. The first-order valence-electron chi connectivity index (χ1n) is 11.1. The lowest BCUT2D eigenvalue weighted by molar-refractivity contribution is 0.446. The summed E-state index contributed by atoms with van der Waals surface area (Å²) in [7, 11) is -9.63. The quantitative estimate of drug-likeness (QED) is 0.119. The third kappa shape index (κ3) is 4.50. The maximum absolute atomic E-state index is 12.3. The van der Waals surface area contributed by atoms with Crippen LogP contribution in [0.1, 0.15) is 11.1 Å². The molecule has 13 nitrogen and oxygen atoms in total. The van der Waals surface area contributed by atoms with Crippen LogP contribution in [0.3, 0.4) is 0 Å². The molecule has 0 atom stereocenters. The van der Waals surface area contributed by atoms with Gasteiger partial charge in [-0.1, -0.05) is 29.3 Å². The zero-order valence-electron chi connectivity index (χ0n) is 19.6. The third-order valence-electron chi connectivity index (χ3n) is 5.98. The number of rotatable bonds is 6. The number of fused-ring (bicyclic) bond motifs is 4. The van der Waals surface area contributed by atoms with Crippen LogP contribution in [0.5, 0.6) is 11.5 Å². The molecule has 8 N–H and O–H groups in total. The zero-order chi connectivity index (χ0) is 28.4. The van der Waals surface area contributed by atoms with Crippen molar-refractivity contribution in [1.29, 1.82) is 5.41 Å². The molecule has 39 heavy (non-hydrogen) atoms. The molecule has 206 valence electrons. The minimum absolute atomic E-state index is 0.0115. The van der Waals surface area contributed by atoms with Gasteiger partial charge in [0, 0.05) is 0 Å². The van der Waals surface area contributed by atoms with E-state index in [0.29, 0.717) is 0 Å². The molecule has 2 aliphatic heterocycles. The molecule has 0 unspecified atom stereocenters. The van der Waals surface area contributed by atoms with Crippen LogP contribution in [0, 0.1) is 5.41 Å². The maximum Gasteiger partial charge on any atom is 0.298 e. The van der Waals surface area contributed by atoms with Crippen LogP contribution in [0.25, 0.3) is 22.6 Å². The highest BCUT2D eigenvalue weighted by molar-refractivity contribution is 7.86. The third-order valence-corrected chi connectivity index (χ3v) is 8.62. The van der Waals surface area contributed by atoms with Crippen LogP contribution in [0.2, 0.25) is 10.0 Å². The number of benzene rings is 3. The van der Waals surface area contributed by atoms with Gasteiger partial charge in [-0.15, -0.1) is 0 Å². The van der Waals surface area contributed by atoms with Crippen molar-refractivity contribution in [3.05, 3.63) is 44.7 Å². The van der Waals surface area contributed by atoms with Gasteiger partial charge in [0.25, 0.3) is 20.2 Å². The standard InChI is InChI=1S/C22H19Cl2N5O8S2/c23-12-15-18(36-17-11(28-15)2-1-8(3-5-25)21(17)38(30,31)32)13(24)16-19(12)37-20-14(29-16)10(27)7-9(4-6-26)22(20)39(33,34)35/h1-2,7,27-28H,3-6,25-26H2,(H,30,31,32)(H,33,34,35). The highest BCUT2D eigenvalue weighted by Gasteiger charge is 2.35. The molecule has 0 bridgehead atoms. The van der Waals surface area contributed by atoms with Crippen molar-refractivity contribution in [2.45, 2.75) is 22.6 Å². The van der Waals surface area contributed by atoms with Crippen molar-refractivity contribution in [3.8, 4) is 23.0 Å². The number of halogens is 2. The average Bonchev–Trinajstić information content (AvgIpc) is 2.84. The fourth-order valence-corrected chi connectivity index (χ4v) is 6.71. The van der Waals surface area contributed by atoms with Crippen LogP contribution >= 0.6 is 23.2 Å². The first kappa shape index (κ1) is 27.5. The number of anilines is 2. The molecule has 2 aromatic carbocycles. The van der Waals surface area contributed by atoms with Crippen LogP contribution in [-0.4, -0.2) is 44.0 Å². The van der Waals surface area contributed by atoms with E-state index in [1.165, 1.54) is 18.2 Å². The highest BCUT2D eigenvalue weighted by Crippen LogP contribution is 2.54. The van der Waals surface area contributed by atoms with Gasteiger partial charge in [-0.05, 0) is 49.2 Å². The topological polar surface area (TPSA) is 232 Å². The Labute approximate surface area is 231 Å². The van der Waals surface area contributed by atoms with Crippen molar-refractivity contribution in [2.24, 2.45) is 11.5 Å². The Morgan fingerprint density at radius 3 is 2.21 bits per heavy atom. The largest absolute Gasteiger partial charge is 0.450 e. The minimum Gasteiger partial charge on any atom is -0.450 e. The number of nitrogens with one attached hydrogen (secondary N) is 2. The molecule has 5 rings (SSSR count). The molecule has 0 saturated heterocycles. The Kier molecular flexibility index (Phi) is 6.76. The molecular formula is C22H19Cl2N5O8S2. The Balaban J connectivity index is 1.84. The first-order chi connectivity index (χ1) is 18.3. The van der Waals surface area contributed by atoms with Crippen LogP contribution in [-0.2, 0) is 33.1 Å². The van der Waals surface area contributed by atoms with Crippen molar-refractivity contribution in [1.82, 2.24) is 4.98 Å². The molecule has 1 aliphatic carbocycles. The highest BCUT2D eigenvalue weighted by atomic mass is 35.5. The van der Waals surface area contributed by atoms with E-state index in [2.05, 4.69) is 10.3 Å². The Morgan fingerprint density at radius 1 is 0.949 bits per heavy atom. The van der Waals surface area contributed by atoms with Crippen LogP contribution < -0.4 is 26.9 Å². The molecule has 2 heterocycles. The lowest BCUT2D eigenvalue weighted by Gasteiger charge is -2.26. The maximum atomic E-state index is 12.3. The lowest BCUT2D eigenvalue weighted by atomic mass is 10.1. The fraction of sp³-hybridized carbons (Fsp3) is 0.182. The van der Waals surface area contributed by atoms with Gasteiger partial charge in [0.15, 0.2) is 22.8 Å². The summed E-state index contributed by atoms with van der Waals surface area (Å²) in [6, 6.07) is 4.12. The predicted molar refractivity (Wildman–Crippen MR) is 141 cm³/mol. The van der Waals surface area contributed by atoms with E-state index in [9.17, 15) is 25.9 Å². The molecular weight excluding hydrogens is 597 g/mol. The molecule has 0 amide bonds. The van der Waals surface area contributed by atoms with Gasteiger partial charge >= 0.3 is 0 Å². The summed E-state index contributed by atoms with van der Waals surface area (Å²) in [5.41, 5.74) is 10.9. The summed E-state index contributed by atoms with van der Waals surface area (Å²) in [6.07, 6.45) is 0.128. The smallest absolute Gasteiger partial charge is 0.298 e. The van der Waals surface area contributed by atoms with E-state index in [-0.39, 0.29) is 92.1 Å². The summed E-state index contributed by atoms with van der Waals surface area (Å²) in [5, 5.41) is 10.6. The molecule has 0 saturated carbocycles. The molecule has 0 radical (unpaired) electrons. The normalized spacial score (nSPS) is 13.2. The number of hydrogen-bond acceptors (Lipinski definition) is 11. The minimum atomic E-state index is -4.85. The molecule has 2 aromatic rings. The van der Waals surface area contributed by atoms with Crippen molar-refractivity contribution >= 4 is 65.9 Å². The van der Waals surface area contributed by atoms with Gasteiger partial charge in [0.2, 0.25) is 0 Å². The van der Waals surface area contributed by atoms with E-state index in [4.69, 9.17) is 49.2 Å².